The van der Waals surface area contributed by atoms with E-state index in [1.807, 2.05) is 27.7 Å². The van der Waals surface area contributed by atoms with Gasteiger partial charge >= 0.3 is 12.1 Å². The van der Waals surface area contributed by atoms with Crippen molar-refractivity contribution in [2.45, 2.75) is 48.3 Å². The summed E-state index contributed by atoms with van der Waals surface area (Å²) in [4.78, 5) is 48.4. The van der Waals surface area contributed by atoms with Crippen molar-refractivity contribution in [2.24, 2.45) is 11.8 Å². The van der Waals surface area contributed by atoms with Gasteiger partial charge < -0.3 is 31.1 Å². The van der Waals surface area contributed by atoms with Crippen molar-refractivity contribution >= 4 is 93.5 Å². The number of carbonyl (C=O) groups excluding carboxylic acids is 4. The monoisotopic (exact) mass is 608 g/mol. The fourth-order valence-corrected chi connectivity index (χ4v) is 2.42. The first-order valence-electron chi connectivity index (χ1n) is 10.8. The number of likely N-dealkylation sites (N-methyl/N-ethyl adjacent to an activating group) is 2. The third-order valence-corrected chi connectivity index (χ3v) is 4.14. The second kappa shape index (κ2) is 18.5. The maximum Gasteiger partial charge on any atom is 0.316 e. The van der Waals surface area contributed by atoms with Gasteiger partial charge in [-0.05, 0) is 11.8 Å². The Morgan fingerprint density at radius 3 is 1.15 bits per heavy atom. The summed E-state index contributed by atoms with van der Waals surface area (Å²) in [5, 5.41) is 10.4. The Bertz CT molecular complexity index is 668. The van der Waals surface area contributed by atoms with E-state index in [0.717, 1.165) is 0 Å². The molecule has 0 bridgehead atoms. The summed E-state index contributed by atoms with van der Waals surface area (Å²) in [6.07, 6.45) is 0. The van der Waals surface area contributed by atoms with Gasteiger partial charge in [-0.3, -0.25) is 9.59 Å². The Kier molecular flexibility index (Phi) is 17.0. The van der Waals surface area contributed by atoms with Crippen molar-refractivity contribution < 1.29 is 21.9 Å². The minimum atomic E-state index is -1.83. The van der Waals surface area contributed by atoms with Crippen LogP contribution in [-0.4, -0.2) is 81.7 Å². The lowest BCUT2D eigenvalue weighted by molar-refractivity contribution is -0.133. The van der Waals surface area contributed by atoms with Crippen LogP contribution >= 0.6 is 69.6 Å². The van der Waals surface area contributed by atoms with Gasteiger partial charge in [0, 0.05) is 14.1 Å². The summed E-state index contributed by atoms with van der Waals surface area (Å²) in [7, 11) is 3.34. The smallest absolute Gasteiger partial charge is 0.316 e. The molecule has 200 valence electrons. The second-order valence-electron chi connectivity index (χ2n) is 7.56. The zero-order valence-electron chi connectivity index (χ0n) is 21.5. The number of amides is 6. The molecular weight excluding hydrogens is 577 g/mol. The molecule has 0 unspecified atom stereocenters. The highest BCUT2D eigenvalue weighted by molar-refractivity contribution is 6.63. The normalized spacial score (nSPS) is 21.9. The number of urea groups is 2. The molecule has 34 heavy (non-hydrogen) atoms. The molecule has 16 heteroatoms. The van der Waals surface area contributed by atoms with E-state index in [1.54, 1.807) is 14.1 Å². The van der Waals surface area contributed by atoms with Gasteiger partial charge in [-0.2, -0.15) is 0 Å². The Morgan fingerprint density at radius 2 is 0.941 bits per heavy atom. The van der Waals surface area contributed by atoms with Crippen LogP contribution in [0.4, 0.5) is 9.59 Å². The molecule has 2 fully saturated rings. The molecule has 2 rings (SSSR count). The number of nitrogens with zero attached hydrogens (tertiary/aromatic N) is 2. The lowest BCUT2D eigenvalue weighted by Gasteiger charge is -2.21. The first-order chi connectivity index (χ1) is 16.0. The largest absolute Gasteiger partial charge is 0.326 e. The average Bonchev–Trinajstić information content (AvgIpc) is 2.89. The van der Waals surface area contributed by atoms with Crippen molar-refractivity contribution in [2.75, 3.05) is 27.4 Å². The van der Waals surface area contributed by atoms with E-state index in [4.69, 9.17) is 72.3 Å². The van der Waals surface area contributed by atoms with Gasteiger partial charge in [0.2, 0.25) is 11.8 Å². The first kappa shape index (κ1) is 31.3. The summed E-state index contributed by atoms with van der Waals surface area (Å²) in [5.74, 6) is 0.124. The Balaban J connectivity index is 0. The van der Waals surface area contributed by atoms with Crippen molar-refractivity contribution in [3.63, 3.8) is 0 Å². The quantitative estimate of drug-likeness (QED) is 0.358. The molecule has 2 aliphatic rings. The highest BCUT2D eigenvalue weighted by atomic mass is 35.6. The molecule has 0 saturated carbocycles. The number of nitrogens with one attached hydrogen (secondary N) is 4. The van der Waals surface area contributed by atoms with E-state index in [9.17, 15) is 19.2 Å². The molecule has 0 spiro atoms. The number of hydrogen-bond donors (Lipinski definition) is 4. The molecule has 0 radical (unpaired) electrons. The Hall–Kier alpha value is -0.780. The highest BCUT2D eigenvalue weighted by Crippen LogP contribution is 2.07. The van der Waals surface area contributed by atoms with E-state index in [1.165, 1.54) is 9.80 Å². The number of carbonyl (C=O) groups is 4. The lowest BCUT2D eigenvalue weighted by Crippen LogP contribution is -2.46. The van der Waals surface area contributed by atoms with Gasteiger partial charge in [0.15, 0.2) is 8.54 Å². The standard InChI is InChI=1S/2C8H15N3O2.2CHCl3/c2*1-5(2)6-7(12)11(3)4-9-8(13)10-6;2*2-1(3)4/h2*5-6H,4H2,1-3H3,(H2,9,10,13);2*1H/t2*6-;;/m00../s1/i;;2*1D. The molecule has 10 nitrogen and oxygen atoms in total. The maximum atomic E-state index is 11.6. The van der Waals surface area contributed by atoms with Crippen molar-refractivity contribution in [3.05, 3.63) is 0 Å². The minimum absolute atomic E-state index is 0.0478. The van der Waals surface area contributed by atoms with E-state index in [2.05, 4.69) is 21.3 Å². The second-order valence-corrected chi connectivity index (χ2v) is 11.0. The summed E-state index contributed by atoms with van der Waals surface area (Å²) in [5.41, 5.74) is 0. The van der Waals surface area contributed by atoms with Gasteiger partial charge in [-0.25, -0.2) is 9.59 Å². The minimum Gasteiger partial charge on any atom is -0.326 e. The van der Waals surface area contributed by atoms with Crippen molar-refractivity contribution in [1.29, 1.82) is 0 Å². The third kappa shape index (κ3) is 16.8. The predicted octanol–water partition coefficient (Wildman–Crippen LogP) is 3.45. The molecule has 0 aromatic heterocycles. The molecular formula is C18H32Cl6N6O4. The van der Waals surface area contributed by atoms with Crippen LogP contribution in [0.15, 0.2) is 0 Å². The fraction of sp³-hybridized carbons (Fsp3) is 0.778. The van der Waals surface area contributed by atoms with Crippen LogP contribution in [0.1, 0.15) is 30.4 Å². The van der Waals surface area contributed by atoms with Gasteiger partial charge in [-0.15, -0.1) is 0 Å². The van der Waals surface area contributed by atoms with E-state index < -0.39 is 20.6 Å². The Labute approximate surface area is 233 Å². The predicted molar refractivity (Wildman–Crippen MR) is 139 cm³/mol. The van der Waals surface area contributed by atoms with Crippen LogP contribution < -0.4 is 21.3 Å². The van der Waals surface area contributed by atoms with Gasteiger partial charge in [0.05, 0.1) is 16.1 Å². The van der Waals surface area contributed by atoms with Crippen LogP contribution in [0.5, 0.6) is 0 Å². The molecule has 0 aromatic carbocycles. The number of rotatable bonds is 2. The van der Waals surface area contributed by atoms with Crippen LogP contribution in [0.3, 0.4) is 0 Å². The summed E-state index contributed by atoms with van der Waals surface area (Å²) in [6.45, 7) is 8.16. The molecule has 6 amide bonds. The van der Waals surface area contributed by atoms with Gasteiger partial charge in [0.25, 0.3) is 0 Å². The first-order valence-corrected chi connectivity index (χ1v) is 12.0. The van der Waals surface area contributed by atoms with Crippen LogP contribution in [-0.2, 0) is 9.59 Å². The van der Waals surface area contributed by atoms with E-state index in [0.29, 0.717) is 0 Å². The van der Waals surface area contributed by atoms with Crippen molar-refractivity contribution in [1.82, 2.24) is 31.1 Å². The molecule has 2 saturated heterocycles. The average molecular weight is 611 g/mol. The summed E-state index contributed by atoms with van der Waals surface area (Å²) in [6, 6.07) is -1.38. The molecule has 4 N–H and O–H groups in total. The van der Waals surface area contributed by atoms with Crippen LogP contribution in [0.25, 0.3) is 0 Å². The summed E-state index contributed by atoms with van der Waals surface area (Å²) < 4.78 is 8.80. The zero-order valence-corrected chi connectivity index (χ0v) is 24.1. The van der Waals surface area contributed by atoms with Crippen LogP contribution in [0, 0.1) is 11.8 Å². The molecule has 2 atom stereocenters. The zero-order chi connectivity index (χ0) is 29.0. The summed E-state index contributed by atoms with van der Waals surface area (Å²) >= 11 is 28.4. The number of alkyl halides is 6. The van der Waals surface area contributed by atoms with Gasteiger partial charge in [0.1, 0.15) is 12.1 Å². The van der Waals surface area contributed by atoms with E-state index >= 15 is 0 Å². The van der Waals surface area contributed by atoms with Gasteiger partial charge in [-0.1, -0.05) is 97.3 Å². The lowest BCUT2D eigenvalue weighted by atomic mass is 10.0. The third-order valence-electron chi connectivity index (χ3n) is 4.14. The maximum absolute atomic E-state index is 11.6. The topological polar surface area (TPSA) is 123 Å². The van der Waals surface area contributed by atoms with Crippen molar-refractivity contribution in [3.8, 4) is 0 Å². The molecule has 0 aliphatic carbocycles. The van der Waals surface area contributed by atoms with Crippen LogP contribution in [0.2, 0.25) is 0 Å². The number of hydrogen-bond acceptors (Lipinski definition) is 4. The molecule has 0 aromatic rings. The fourth-order valence-electron chi connectivity index (χ4n) is 2.42. The van der Waals surface area contributed by atoms with E-state index in [-0.39, 0.29) is 49.0 Å². The number of halogens is 6. The molecule has 2 aliphatic heterocycles. The SMILES string of the molecule is CC(C)[C@@H]1NC(=O)NCN(C)C1=O.CC(C)[C@@H]1NC(=O)NCN(C)C1=O.[2H]C(Cl)(Cl)Cl.[2H]C(Cl)(Cl)Cl. The highest BCUT2D eigenvalue weighted by Gasteiger charge is 2.30. The Morgan fingerprint density at radius 1 is 0.706 bits per heavy atom. The molecule has 2 heterocycles.